The molecule has 6 nitrogen and oxygen atoms in total. The fourth-order valence-corrected chi connectivity index (χ4v) is 2.83. The number of aromatic nitrogens is 1. The quantitative estimate of drug-likeness (QED) is 0.821. The maximum Gasteiger partial charge on any atom is 0.307 e. The first-order chi connectivity index (χ1) is 11.0. The lowest BCUT2D eigenvalue weighted by molar-refractivity contribution is -0.141. The van der Waals surface area contributed by atoms with Gasteiger partial charge in [-0.3, -0.25) is 9.59 Å². The van der Waals surface area contributed by atoms with Crippen LogP contribution >= 0.6 is 11.3 Å². The van der Waals surface area contributed by atoms with Crippen LogP contribution in [0.2, 0.25) is 0 Å². The minimum absolute atomic E-state index is 0.117. The van der Waals surface area contributed by atoms with Gasteiger partial charge in [-0.1, -0.05) is 12.1 Å². The molecule has 23 heavy (non-hydrogen) atoms. The van der Waals surface area contributed by atoms with E-state index in [1.165, 1.54) is 18.4 Å². The van der Waals surface area contributed by atoms with Gasteiger partial charge in [-0.25, -0.2) is 4.98 Å². The molecule has 0 aliphatic rings. The van der Waals surface area contributed by atoms with E-state index < -0.39 is 0 Å². The van der Waals surface area contributed by atoms with Gasteiger partial charge in [-0.05, 0) is 19.1 Å². The second-order valence-corrected chi connectivity index (χ2v) is 5.75. The lowest BCUT2D eigenvalue weighted by atomic mass is 10.2. The Bertz CT molecular complexity index is 699. The van der Waals surface area contributed by atoms with E-state index in [1.54, 1.807) is 19.4 Å². The van der Waals surface area contributed by atoms with Crippen LogP contribution in [0.25, 0.3) is 10.6 Å². The van der Waals surface area contributed by atoms with Crippen LogP contribution in [0.5, 0.6) is 5.75 Å². The number of rotatable bonds is 6. The van der Waals surface area contributed by atoms with Crippen molar-refractivity contribution < 1.29 is 19.1 Å². The summed E-state index contributed by atoms with van der Waals surface area (Å²) >= 11 is 1.36. The van der Waals surface area contributed by atoms with Gasteiger partial charge in [-0.15, -0.1) is 11.3 Å². The zero-order chi connectivity index (χ0) is 16.8. The van der Waals surface area contributed by atoms with Crippen molar-refractivity contribution in [2.75, 3.05) is 14.2 Å². The second kappa shape index (κ2) is 7.73. The third-order valence-electron chi connectivity index (χ3n) is 3.15. The average Bonchev–Trinajstić information content (AvgIpc) is 3.04. The minimum Gasteiger partial charge on any atom is -0.496 e. The smallest absolute Gasteiger partial charge is 0.307 e. The molecule has 2 rings (SSSR count). The minimum atomic E-state index is -0.370. The summed E-state index contributed by atoms with van der Waals surface area (Å²) in [5.74, 6) is 0.0115. The highest BCUT2D eigenvalue weighted by atomic mass is 32.1. The number of para-hydroxylation sites is 1. The number of nitrogens with zero attached hydrogens (tertiary/aromatic N) is 1. The number of carbonyl (C=O) groups excluding carboxylic acids is 2. The van der Waals surface area contributed by atoms with E-state index in [0.29, 0.717) is 16.5 Å². The molecule has 0 bridgehead atoms. The largest absolute Gasteiger partial charge is 0.496 e. The molecule has 1 N–H and O–H groups in total. The van der Waals surface area contributed by atoms with Gasteiger partial charge in [0.15, 0.2) is 0 Å². The molecular formula is C16H18N2O4S. The first-order valence-electron chi connectivity index (χ1n) is 7.01. The van der Waals surface area contributed by atoms with Crippen molar-refractivity contribution in [3.8, 4) is 16.3 Å². The fraction of sp³-hybridized carbons (Fsp3) is 0.312. The van der Waals surface area contributed by atoms with Crippen molar-refractivity contribution in [1.29, 1.82) is 0 Å². The lowest BCUT2D eigenvalue weighted by Crippen LogP contribution is -2.34. The maximum absolute atomic E-state index is 12.2. The summed E-state index contributed by atoms with van der Waals surface area (Å²) in [6.45, 7) is 1.74. The zero-order valence-corrected chi connectivity index (χ0v) is 14.0. The Morgan fingerprint density at radius 2 is 2.04 bits per heavy atom. The van der Waals surface area contributed by atoms with Gasteiger partial charge in [0.25, 0.3) is 5.91 Å². The predicted octanol–water partition coefficient (Wildman–Crippen LogP) is 2.50. The summed E-state index contributed by atoms with van der Waals surface area (Å²) in [7, 11) is 2.91. The highest BCUT2D eigenvalue weighted by molar-refractivity contribution is 7.13. The van der Waals surface area contributed by atoms with E-state index in [9.17, 15) is 9.59 Å². The van der Waals surface area contributed by atoms with Crippen LogP contribution in [0, 0.1) is 0 Å². The molecule has 0 spiro atoms. The van der Waals surface area contributed by atoms with Gasteiger partial charge in [0.05, 0.1) is 26.2 Å². The molecule has 0 fully saturated rings. The molecule has 0 unspecified atom stereocenters. The van der Waals surface area contributed by atoms with Crippen molar-refractivity contribution in [2.24, 2.45) is 0 Å². The van der Waals surface area contributed by atoms with Crippen molar-refractivity contribution in [3.05, 3.63) is 35.3 Å². The molecule has 1 aromatic carbocycles. The Morgan fingerprint density at radius 3 is 2.74 bits per heavy atom. The molecule has 1 aromatic heterocycles. The zero-order valence-electron chi connectivity index (χ0n) is 13.2. The molecule has 0 saturated heterocycles. The fourth-order valence-electron chi connectivity index (χ4n) is 2.01. The van der Waals surface area contributed by atoms with Gasteiger partial charge in [0.1, 0.15) is 16.5 Å². The van der Waals surface area contributed by atoms with Crippen LogP contribution in [0.15, 0.2) is 29.6 Å². The van der Waals surface area contributed by atoms with Crippen molar-refractivity contribution >= 4 is 23.2 Å². The molecular weight excluding hydrogens is 316 g/mol. The number of nitrogens with one attached hydrogen (secondary N) is 1. The van der Waals surface area contributed by atoms with Crippen LogP contribution in [-0.4, -0.2) is 37.1 Å². The standard InChI is InChI=1S/C16H18N2O4S/c1-10(8-14(19)22-3)17-15(20)12-9-23-16(18-12)11-6-4-5-7-13(11)21-2/h4-7,9-10H,8H2,1-3H3,(H,17,20)/t10-/m1/s1. The van der Waals surface area contributed by atoms with E-state index in [4.69, 9.17) is 4.74 Å². The average molecular weight is 334 g/mol. The normalized spacial score (nSPS) is 11.6. The molecule has 1 atom stereocenters. The summed E-state index contributed by atoms with van der Waals surface area (Å²) in [4.78, 5) is 27.7. The SMILES string of the molecule is COC(=O)C[C@@H](C)NC(=O)c1csc(-c2ccccc2OC)n1. The number of methoxy groups -OCH3 is 2. The number of amides is 1. The summed E-state index contributed by atoms with van der Waals surface area (Å²) < 4.78 is 9.88. The third-order valence-corrected chi connectivity index (χ3v) is 4.03. The Balaban J connectivity index is 2.09. The van der Waals surface area contributed by atoms with Crippen molar-refractivity contribution in [3.63, 3.8) is 0 Å². The Morgan fingerprint density at radius 1 is 1.30 bits per heavy atom. The van der Waals surface area contributed by atoms with Gasteiger partial charge in [0.2, 0.25) is 0 Å². The number of benzene rings is 1. The number of hydrogen-bond donors (Lipinski definition) is 1. The third kappa shape index (κ3) is 4.29. The van der Waals surface area contributed by atoms with E-state index >= 15 is 0 Å². The van der Waals surface area contributed by atoms with E-state index in [2.05, 4.69) is 15.0 Å². The van der Waals surface area contributed by atoms with Crippen LogP contribution in [0.1, 0.15) is 23.8 Å². The molecule has 7 heteroatoms. The Kier molecular flexibility index (Phi) is 5.70. The van der Waals surface area contributed by atoms with Crippen molar-refractivity contribution in [1.82, 2.24) is 10.3 Å². The summed E-state index contributed by atoms with van der Waals surface area (Å²) in [6, 6.07) is 7.16. The monoisotopic (exact) mass is 334 g/mol. The van der Waals surface area contributed by atoms with Gasteiger partial charge in [-0.2, -0.15) is 0 Å². The van der Waals surface area contributed by atoms with Crippen LogP contribution in [0.3, 0.4) is 0 Å². The highest BCUT2D eigenvalue weighted by Crippen LogP contribution is 2.31. The van der Waals surface area contributed by atoms with Crippen LogP contribution in [0.4, 0.5) is 0 Å². The second-order valence-electron chi connectivity index (χ2n) is 4.89. The lowest BCUT2D eigenvalue weighted by Gasteiger charge is -2.11. The molecule has 1 heterocycles. The summed E-state index contributed by atoms with van der Waals surface area (Å²) in [5.41, 5.74) is 1.15. The number of thiazole rings is 1. The van der Waals surface area contributed by atoms with Gasteiger partial charge >= 0.3 is 5.97 Å². The van der Waals surface area contributed by atoms with E-state index in [-0.39, 0.29) is 24.3 Å². The first kappa shape index (κ1) is 17.0. The predicted molar refractivity (Wildman–Crippen MR) is 87.7 cm³/mol. The Labute approximate surface area is 138 Å². The van der Waals surface area contributed by atoms with Gasteiger partial charge < -0.3 is 14.8 Å². The molecule has 1 amide bonds. The Hall–Kier alpha value is -2.41. The summed E-state index contributed by atoms with van der Waals surface area (Å²) in [5, 5.41) is 5.11. The van der Waals surface area contributed by atoms with E-state index in [1.807, 2.05) is 24.3 Å². The molecule has 2 aromatic rings. The maximum atomic E-state index is 12.2. The number of hydrogen-bond acceptors (Lipinski definition) is 6. The number of ether oxygens (including phenoxy) is 2. The first-order valence-corrected chi connectivity index (χ1v) is 7.89. The van der Waals surface area contributed by atoms with Crippen molar-refractivity contribution in [2.45, 2.75) is 19.4 Å². The van der Waals surface area contributed by atoms with E-state index in [0.717, 1.165) is 5.56 Å². The molecule has 0 aliphatic carbocycles. The van der Waals surface area contributed by atoms with Crippen LogP contribution in [-0.2, 0) is 9.53 Å². The molecule has 0 radical (unpaired) electrons. The highest BCUT2D eigenvalue weighted by Gasteiger charge is 2.17. The topological polar surface area (TPSA) is 77.5 Å². The number of esters is 1. The number of carbonyl (C=O) groups is 2. The van der Waals surface area contributed by atoms with Gasteiger partial charge in [0, 0.05) is 11.4 Å². The molecule has 0 aliphatic heterocycles. The summed E-state index contributed by atoms with van der Waals surface area (Å²) in [6.07, 6.45) is 0.117. The molecule has 122 valence electrons. The molecule has 0 saturated carbocycles. The van der Waals surface area contributed by atoms with Crippen LogP contribution < -0.4 is 10.1 Å².